The van der Waals surface area contributed by atoms with Crippen LogP contribution < -0.4 is 15.4 Å². The van der Waals surface area contributed by atoms with Gasteiger partial charge in [0.1, 0.15) is 11.7 Å². The fourth-order valence-electron chi connectivity index (χ4n) is 2.90. The molecule has 1 aliphatic rings. The van der Waals surface area contributed by atoms with Crippen molar-refractivity contribution in [1.82, 2.24) is 5.32 Å². The molecular weight excluding hydrogens is 376 g/mol. The second-order valence-corrected chi connectivity index (χ2v) is 8.39. The summed E-state index contributed by atoms with van der Waals surface area (Å²) < 4.78 is 5.27. The van der Waals surface area contributed by atoms with E-state index in [2.05, 4.69) is 16.7 Å². The number of ether oxygens (including phenoxy) is 1. The Morgan fingerprint density at radius 1 is 1.39 bits per heavy atom. The second-order valence-electron chi connectivity index (χ2n) is 7.04. The first-order valence-electron chi connectivity index (χ1n) is 8.63. The van der Waals surface area contributed by atoms with Crippen LogP contribution in [-0.2, 0) is 9.59 Å². The van der Waals surface area contributed by atoms with E-state index in [4.69, 9.17) is 4.74 Å². The Kier molecular flexibility index (Phi) is 6.37. The second kappa shape index (κ2) is 8.37. The minimum atomic E-state index is -0.966. The van der Waals surface area contributed by atoms with Crippen LogP contribution >= 0.6 is 11.8 Å². The van der Waals surface area contributed by atoms with Gasteiger partial charge in [0, 0.05) is 5.41 Å². The molecule has 0 fully saturated rings. The van der Waals surface area contributed by atoms with Crippen LogP contribution in [0.2, 0.25) is 0 Å². The maximum absolute atomic E-state index is 12.7. The van der Waals surface area contributed by atoms with Crippen LogP contribution in [-0.4, -0.2) is 24.2 Å². The summed E-state index contributed by atoms with van der Waals surface area (Å²) in [5.41, 5.74) is 0.863. The van der Waals surface area contributed by atoms with Gasteiger partial charge < -0.3 is 15.4 Å². The molecule has 8 heteroatoms. The van der Waals surface area contributed by atoms with Gasteiger partial charge in [-0.25, -0.2) is 0 Å². The number of rotatable bonds is 5. The number of anilines is 1. The molecule has 0 unspecified atom stereocenters. The molecule has 2 atom stereocenters. The van der Waals surface area contributed by atoms with Gasteiger partial charge in [-0.15, -0.1) is 0 Å². The lowest BCUT2D eigenvalue weighted by molar-refractivity contribution is -0.125. The number of benzene rings is 1. The topological polar surface area (TPSA) is 115 Å². The van der Waals surface area contributed by atoms with Crippen molar-refractivity contribution in [2.75, 3.05) is 12.4 Å². The summed E-state index contributed by atoms with van der Waals surface area (Å²) in [4.78, 5) is 24.9. The summed E-state index contributed by atoms with van der Waals surface area (Å²) in [5.74, 6) is -1.20. The summed E-state index contributed by atoms with van der Waals surface area (Å²) in [6.07, 6.45) is 0. The van der Waals surface area contributed by atoms with E-state index in [0.29, 0.717) is 16.5 Å². The van der Waals surface area contributed by atoms with E-state index in [0.717, 1.165) is 17.3 Å². The summed E-state index contributed by atoms with van der Waals surface area (Å²) >= 11 is 1.08. The molecule has 146 valence electrons. The molecule has 1 aliphatic heterocycles. The van der Waals surface area contributed by atoms with Gasteiger partial charge >= 0.3 is 0 Å². The van der Waals surface area contributed by atoms with Crippen molar-refractivity contribution in [1.29, 1.82) is 10.5 Å². The highest BCUT2D eigenvalue weighted by Crippen LogP contribution is 2.42. The zero-order valence-electron chi connectivity index (χ0n) is 16.4. The van der Waals surface area contributed by atoms with E-state index in [1.807, 2.05) is 19.1 Å². The third-order valence-corrected chi connectivity index (χ3v) is 5.72. The number of amides is 2. The minimum Gasteiger partial charge on any atom is -0.495 e. The summed E-state index contributed by atoms with van der Waals surface area (Å²) in [7, 11) is 1.52. The van der Waals surface area contributed by atoms with Crippen LogP contribution in [0.15, 0.2) is 28.8 Å². The Balaban J connectivity index is 2.25. The first-order chi connectivity index (χ1) is 13.1. The number of nitriles is 2. The van der Waals surface area contributed by atoms with Crippen molar-refractivity contribution >= 4 is 29.3 Å². The fraction of sp³-hybridized carbons (Fsp3) is 0.400. The van der Waals surface area contributed by atoms with Crippen LogP contribution in [0.3, 0.4) is 0 Å². The number of carbonyl (C=O) groups excluding carboxylic acids is 2. The largest absolute Gasteiger partial charge is 0.495 e. The predicted molar refractivity (Wildman–Crippen MR) is 107 cm³/mol. The van der Waals surface area contributed by atoms with E-state index in [1.165, 1.54) is 7.11 Å². The molecule has 0 aromatic heterocycles. The molecule has 0 bridgehead atoms. The third kappa shape index (κ3) is 4.13. The number of methoxy groups -OCH3 is 1. The highest BCUT2D eigenvalue weighted by Gasteiger charge is 2.45. The average molecular weight is 398 g/mol. The van der Waals surface area contributed by atoms with Gasteiger partial charge in [0.15, 0.2) is 0 Å². The van der Waals surface area contributed by atoms with Crippen molar-refractivity contribution in [2.24, 2.45) is 11.3 Å². The van der Waals surface area contributed by atoms with Gasteiger partial charge in [-0.2, -0.15) is 10.5 Å². The van der Waals surface area contributed by atoms with Crippen LogP contribution in [0.4, 0.5) is 5.69 Å². The smallest absolute Gasteiger partial charge is 0.243 e. The molecule has 0 spiro atoms. The summed E-state index contributed by atoms with van der Waals surface area (Å²) in [5, 5.41) is 24.0. The number of carbonyl (C=O) groups is 2. The van der Waals surface area contributed by atoms with Gasteiger partial charge in [0.25, 0.3) is 0 Å². The normalized spacial score (nSPS) is 19.1. The van der Waals surface area contributed by atoms with Gasteiger partial charge in [0.05, 0.1) is 40.8 Å². The molecule has 1 aromatic rings. The van der Waals surface area contributed by atoms with E-state index < -0.39 is 22.5 Å². The molecular formula is C20H22N4O3S. The lowest BCUT2D eigenvalue weighted by atomic mass is 9.72. The molecule has 7 nitrogen and oxygen atoms in total. The maximum atomic E-state index is 12.7. The number of hydrogen-bond acceptors (Lipinski definition) is 6. The average Bonchev–Trinajstić information content (AvgIpc) is 2.61. The highest BCUT2D eigenvalue weighted by molar-refractivity contribution is 8.04. The Morgan fingerprint density at radius 2 is 2.07 bits per heavy atom. The Labute approximate surface area is 168 Å². The van der Waals surface area contributed by atoms with E-state index in [1.54, 1.807) is 32.9 Å². The molecule has 0 aliphatic carbocycles. The van der Waals surface area contributed by atoms with Crippen LogP contribution in [0.1, 0.15) is 26.3 Å². The number of thioether (sulfide) groups is 1. The van der Waals surface area contributed by atoms with Gasteiger partial charge in [-0.1, -0.05) is 31.7 Å². The molecule has 0 saturated heterocycles. The molecule has 2 amide bonds. The zero-order valence-corrected chi connectivity index (χ0v) is 17.2. The molecule has 1 heterocycles. The lowest BCUT2D eigenvalue weighted by Crippen LogP contribution is -2.45. The molecule has 0 radical (unpaired) electrons. The molecule has 2 N–H and O–H groups in total. The number of nitrogens with zero attached hydrogens (tertiary/aromatic N) is 2. The van der Waals surface area contributed by atoms with Crippen LogP contribution in [0.25, 0.3) is 0 Å². The fourth-order valence-corrected chi connectivity index (χ4v) is 4.00. The van der Waals surface area contributed by atoms with Crippen molar-refractivity contribution in [2.45, 2.75) is 32.9 Å². The lowest BCUT2D eigenvalue weighted by Gasteiger charge is -2.35. The Morgan fingerprint density at radius 3 is 2.64 bits per heavy atom. The molecule has 28 heavy (non-hydrogen) atoms. The van der Waals surface area contributed by atoms with Crippen LogP contribution in [0, 0.1) is 40.9 Å². The minimum absolute atomic E-state index is 0.288. The van der Waals surface area contributed by atoms with Crippen molar-refractivity contribution < 1.29 is 14.3 Å². The third-order valence-electron chi connectivity index (χ3n) is 4.61. The predicted octanol–water partition coefficient (Wildman–Crippen LogP) is 3.09. The molecule has 2 rings (SSSR count). The van der Waals surface area contributed by atoms with E-state index in [9.17, 15) is 20.1 Å². The molecule has 1 aromatic carbocycles. The number of allylic oxidation sites excluding steroid dienone is 1. The Bertz CT molecular complexity index is 924. The standard InChI is InChI=1S/C20H22N4O3S/c1-11-6-7-16(27-5)15(8-11)23-17(25)12(2)28-19-14(10-22)20(3,4)13(9-21)18(26)24-19/h6-8,12-13H,1-5H3,(H,23,25)(H,24,26)/t12-,13+/m0/s1. The number of nitrogens with one attached hydrogen (secondary N) is 2. The number of hydrogen-bond donors (Lipinski definition) is 2. The number of aryl methyl sites for hydroxylation is 1. The quantitative estimate of drug-likeness (QED) is 0.787. The van der Waals surface area contributed by atoms with Crippen molar-refractivity contribution in [3.8, 4) is 17.9 Å². The summed E-state index contributed by atoms with van der Waals surface area (Å²) in [6.45, 7) is 6.95. The monoisotopic (exact) mass is 398 g/mol. The highest BCUT2D eigenvalue weighted by atomic mass is 32.2. The van der Waals surface area contributed by atoms with Gasteiger partial charge in [0.2, 0.25) is 11.8 Å². The first kappa shape index (κ1) is 21.3. The van der Waals surface area contributed by atoms with Gasteiger partial charge in [-0.05, 0) is 31.5 Å². The maximum Gasteiger partial charge on any atom is 0.243 e. The molecule has 0 saturated carbocycles. The van der Waals surface area contributed by atoms with Gasteiger partial charge in [-0.3, -0.25) is 9.59 Å². The first-order valence-corrected chi connectivity index (χ1v) is 9.51. The van der Waals surface area contributed by atoms with Crippen molar-refractivity contribution in [3.63, 3.8) is 0 Å². The van der Waals surface area contributed by atoms with Crippen LogP contribution in [0.5, 0.6) is 5.75 Å². The van der Waals surface area contributed by atoms with E-state index >= 15 is 0 Å². The zero-order chi connectivity index (χ0) is 21.1. The Hall–Kier alpha value is -2.97. The van der Waals surface area contributed by atoms with E-state index in [-0.39, 0.29) is 11.5 Å². The van der Waals surface area contributed by atoms with Crippen molar-refractivity contribution in [3.05, 3.63) is 34.4 Å². The summed E-state index contributed by atoms with van der Waals surface area (Å²) in [6, 6.07) is 9.49. The SMILES string of the molecule is COc1ccc(C)cc1NC(=O)[C@H](C)SC1=C(C#N)C(C)(C)[C@H](C#N)C(=O)N1.